The van der Waals surface area contributed by atoms with Gasteiger partial charge in [-0.2, -0.15) is 10.5 Å². The van der Waals surface area contributed by atoms with Gasteiger partial charge >= 0.3 is 11.9 Å². The summed E-state index contributed by atoms with van der Waals surface area (Å²) in [5, 5.41) is 18.6. The van der Waals surface area contributed by atoms with Gasteiger partial charge in [-0.15, -0.1) is 0 Å². The van der Waals surface area contributed by atoms with Crippen molar-refractivity contribution in [2.45, 2.75) is 0 Å². The number of hydrogen-bond acceptors (Lipinski definition) is 6. The van der Waals surface area contributed by atoms with Crippen molar-refractivity contribution in [1.82, 2.24) is 0 Å². The predicted molar refractivity (Wildman–Crippen MR) is 87.1 cm³/mol. The number of esters is 2. The van der Waals surface area contributed by atoms with Gasteiger partial charge in [-0.1, -0.05) is 36.4 Å². The first-order chi connectivity index (χ1) is 12.1. The van der Waals surface area contributed by atoms with E-state index < -0.39 is 30.6 Å². The van der Waals surface area contributed by atoms with Crippen molar-refractivity contribution < 1.29 is 19.1 Å². The van der Waals surface area contributed by atoms with Gasteiger partial charge in [-0.05, 0) is 24.3 Å². The van der Waals surface area contributed by atoms with Gasteiger partial charge in [0, 0.05) is 0 Å². The molecule has 0 aliphatic heterocycles. The summed E-state index contributed by atoms with van der Waals surface area (Å²) >= 11 is 0. The number of carbonyl (C=O) groups is 2. The molecule has 0 saturated carbocycles. The summed E-state index contributed by atoms with van der Waals surface area (Å²) in [6.45, 7) is -1.01. The fourth-order valence-corrected chi connectivity index (χ4v) is 1.89. The molecule has 0 amide bonds. The Balaban J connectivity index is 1.99. The second-order valence-electron chi connectivity index (χ2n) is 5.19. The van der Waals surface area contributed by atoms with E-state index in [4.69, 9.17) is 9.47 Å². The normalized spacial score (nSPS) is 10.2. The third-order valence-electron chi connectivity index (χ3n) is 3.35. The summed E-state index contributed by atoms with van der Waals surface area (Å²) in [5.41, 5.74) is -1.17. The zero-order valence-electron chi connectivity index (χ0n) is 13.2. The van der Waals surface area contributed by atoms with Crippen LogP contribution in [0.1, 0.15) is 20.7 Å². The SMILES string of the molecule is N#CC(C#N)(COC(=O)c1ccccc1)COC(=O)c1ccccc1. The van der Waals surface area contributed by atoms with Crippen LogP contribution in [0.4, 0.5) is 0 Å². The molecular formula is C19H14N2O4. The zero-order chi connectivity index (χ0) is 18.1. The number of nitriles is 2. The Hall–Kier alpha value is -3.64. The molecule has 6 heteroatoms. The molecule has 0 unspecified atom stereocenters. The highest BCUT2D eigenvalue weighted by Gasteiger charge is 2.34. The molecule has 0 bridgehead atoms. The fourth-order valence-electron chi connectivity index (χ4n) is 1.89. The van der Waals surface area contributed by atoms with Crippen molar-refractivity contribution in [3.05, 3.63) is 71.8 Å². The molecule has 0 aliphatic rings. The van der Waals surface area contributed by atoms with E-state index in [-0.39, 0.29) is 0 Å². The average Bonchev–Trinajstić information content (AvgIpc) is 2.69. The van der Waals surface area contributed by atoms with Gasteiger partial charge in [-0.3, -0.25) is 0 Å². The van der Waals surface area contributed by atoms with Crippen molar-refractivity contribution >= 4 is 11.9 Å². The Labute approximate surface area is 144 Å². The van der Waals surface area contributed by atoms with Crippen molar-refractivity contribution in [2.24, 2.45) is 5.41 Å². The highest BCUT2D eigenvalue weighted by molar-refractivity contribution is 5.90. The van der Waals surface area contributed by atoms with Crippen molar-refractivity contribution in [2.75, 3.05) is 13.2 Å². The van der Waals surface area contributed by atoms with Gasteiger partial charge in [0.15, 0.2) is 0 Å². The minimum absolute atomic E-state index is 0.300. The molecule has 2 aromatic rings. The summed E-state index contributed by atoms with van der Waals surface area (Å²) in [7, 11) is 0. The van der Waals surface area contributed by atoms with Gasteiger partial charge in [0.25, 0.3) is 0 Å². The summed E-state index contributed by atoms with van der Waals surface area (Å²) in [6.07, 6.45) is 0. The van der Waals surface area contributed by atoms with E-state index in [0.29, 0.717) is 11.1 Å². The second kappa shape index (κ2) is 8.28. The fraction of sp³-hybridized carbons (Fsp3) is 0.158. The molecule has 0 aliphatic carbocycles. The molecule has 6 nitrogen and oxygen atoms in total. The number of nitrogens with zero attached hydrogens (tertiary/aromatic N) is 2. The van der Waals surface area contributed by atoms with Crippen LogP contribution in [0, 0.1) is 28.1 Å². The zero-order valence-corrected chi connectivity index (χ0v) is 13.2. The molecule has 0 fully saturated rings. The van der Waals surface area contributed by atoms with Crippen LogP contribution < -0.4 is 0 Å². The lowest BCUT2D eigenvalue weighted by Crippen LogP contribution is -2.31. The average molecular weight is 334 g/mol. The monoisotopic (exact) mass is 334 g/mol. The van der Waals surface area contributed by atoms with Crippen LogP contribution in [0.15, 0.2) is 60.7 Å². The van der Waals surface area contributed by atoms with Gasteiger partial charge in [0.1, 0.15) is 13.2 Å². The number of benzene rings is 2. The highest BCUT2D eigenvalue weighted by atomic mass is 16.5. The third kappa shape index (κ3) is 4.66. The van der Waals surface area contributed by atoms with Crippen LogP contribution in [-0.4, -0.2) is 25.2 Å². The molecule has 0 spiro atoms. The molecule has 0 saturated heterocycles. The third-order valence-corrected chi connectivity index (χ3v) is 3.35. The van der Waals surface area contributed by atoms with E-state index in [2.05, 4.69) is 0 Å². The van der Waals surface area contributed by atoms with E-state index in [9.17, 15) is 20.1 Å². The summed E-state index contributed by atoms with van der Waals surface area (Å²) in [6, 6.07) is 19.9. The molecule has 0 N–H and O–H groups in total. The first-order valence-corrected chi connectivity index (χ1v) is 7.37. The van der Waals surface area contributed by atoms with Gasteiger partial charge in [-0.25, -0.2) is 9.59 Å². The maximum Gasteiger partial charge on any atom is 0.338 e. The quantitative estimate of drug-likeness (QED) is 0.753. The van der Waals surface area contributed by atoms with Gasteiger partial charge in [0.05, 0.1) is 23.3 Å². The number of carbonyl (C=O) groups excluding carboxylic acids is 2. The van der Waals surface area contributed by atoms with E-state index in [0.717, 1.165) is 0 Å². The lowest BCUT2D eigenvalue weighted by atomic mass is 9.94. The minimum Gasteiger partial charge on any atom is -0.459 e. The maximum atomic E-state index is 11.9. The van der Waals surface area contributed by atoms with E-state index in [1.54, 1.807) is 72.8 Å². The number of hydrogen-bond donors (Lipinski definition) is 0. The standard InChI is InChI=1S/C19H14N2O4/c20-11-19(12-21,13-24-17(22)15-7-3-1-4-8-15)14-25-18(23)16-9-5-2-6-10-16/h1-10H,13-14H2. The number of rotatable bonds is 6. The first kappa shape index (κ1) is 17.7. The van der Waals surface area contributed by atoms with E-state index in [1.165, 1.54) is 0 Å². The van der Waals surface area contributed by atoms with Crippen LogP contribution >= 0.6 is 0 Å². The van der Waals surface area contributed by atoms with E-state index in [1.807, 2.05) is 0 Å². The largest absolute Gasteiger partial charge is 0.459 e. The first-order valence-electron chi connectivity index (χ1n) is 7.37. The van der Waals surface area contributed by atoms with Gasteiger partial charge < -0.3 is 9.47 Å². The van der Waals surface area contributed by atoms with Crippen LogP contribution in [0.3, 0.4) is 0 Å². The van der Waals surface area contributed by atoms with Crippen LogP contribution in [0.25, 0.3) is 0 Å². The Morgan fingerprint density at radius 1 is 0.760 bits per heavy atom. The number of ether oxygens (including phenoxy) is 2. The van der Waals surface area contributed by atoms with Crippen molar-refractivity contribution in [3.8, 4) is 12.1 Å². The van der Waals surface area contributed by atoms with Gasteiger partial charge in [0.2, 0.25) is 5.41 Å². The Kier molecular flexibility index (Phi) is 5.86. The molecule has 0 aromatic heterocycles. The lowest BCUT2D eigenvalue weighted by Gasteiger charge is -2.18. The van der Waals surface area contributed by atoms with E-state index >= 15 is 0 Å². The maximum absolute atomic E-state index is 11.9. The molecule has 0 atom stereocenters. The molecule has 25 heavy (non-hydrogen) atoms. The molecule has 0 radical (unpaired) electrons. The topological polar surface area (TPSA) is 100 Å². The molecule has 124 valence electrons. The molecular weight excluding hydrogens is 320 g/mol. The molecule has 0 heterocycles. The Morgan fingerprint density at radius 2 is 1.12 bits per heavy atom. The lowest BCUT2D eigenvalue weighted by molar-refractivity contribution is 0.0226. The Morgan fingerprint density at radius 3 is 1.44 bits per heavy atom. The predicted octanol–water partition coefficient (Wildman–Crippen LogP) is 2.73. The van der Waals surface area contributed by atoms with Crippen LogP contribution in [0.2, 0.25) is 0 Å². The van der Waals surface area contributed by atoms with Crippen molar-refractivity contribution in [1.29, 1.82) is 10.5 Å². The molecule has 2 rings (SSSR count). The molecule has 2 aromatic carbocycles. The summed E-state index contributed by atoms with van der Waals surface area (Å²) in [5.74, 6) is -1.32. The second-order valence-corrected chi connectivity index (χ2v) is 5.19. The van der Waals surface area contributed by atoms with Crippen LogP contribution in [0.5, 0.6) is 0 Å². The minimum atomic E-state index is -1.77. The summed E-state index contributed by atoms with van der Waals surface area (Å²) in [4.78, 5) is 23.9. The highest BCUT2D eigenvalue weighted by Crippen LogP contribution is 2.18. The Bertz CT molecular complexity index is 748. The summed E-state index contributed by atoms with van der Waals surface area (Å²) < 4.78 is 10.1. The smallest absolute Gasteiger partial charge is 0.338 e. The van der Waals surface area contributed by atoms with Crippen molar-refractivity contribution in [3.63, 3.8) is 0 Å². The van der Waals surface area contributed by atoms with Crippen LogP contribution in [-0.2, 0) is 9.47 Å².